The van der Waals surface area contributed by atoms with Gasteiger partial charge in [0.15, 0.2) is 0 Å². The minimum absolute atomic E-state index is 0. The molecule has 6 heteroatoms. The number of halogens is 1. The van der Waals surface area contributed by atoms with Crippen LogP contribution in [0.25, 0.3) is 20.3 Å². The summed E-state index contributed by atoms with van der Waals surface area (Å²) in [6.07, 6.45) is 3.40. The molecule has 0 bridgehead atoms. The van der Waals surface area contributed by atoms with Gasteiger partial charge in [-0.25, -0.2) is 4.98 Å². The van der Waals surface area contributed by atoms with Gasteiger partial charge >= 0.3 is 0 Å². The summed E-state index contributed by atoms with van der Waals surface area (Å²) in [5.41, 5.74) is 5.77. The van der Waals surface area contributed by atoms with Crippen molar-refractivity contribution in [2.24, 2.45) is 0 Å². The summed E-state index contributed by atoms with van der Waals surface area (Å²) in [6, 6.07) is 3.90. The van der Waals surface area contributed by atoms with Crippen molar-refractivity contribution >= 4 is 49.9 Å². The van der Waals surface area contributed by atoms with Crippen LogP contribution in [0.1, 0.15) is 0 Å². The molecule has 0 radical (unpaired) electrons. The van der Waals surface area contributed by atoms with Gasteiger partial charge in [0.2, 0.25) is 0 Å². The Labute approximate surface area is 95.6 Å². The van der Waals surface area contributed by atoms with Crippen molar-refractivity contribution < 1.29 is 0 Å². The Morgan fingerprint density at radius 3 is 2.80 bits per heavy atom. The summed E-state index contributed by atoms with van der Waals surface area (Å²) in [5.74, 6) is 0.561. The van der Waals surface area contributed by atoms with Gasteiger partial charge in [-0.2, -0.15) is 5.10 Å². The van der Waals surface area contributed by atoms with Crippen LogP contribution >= 0.6 is 23.7 Å². The first-order chi connectivity index (χ1) is 6.86. The summed E-state index contributed by atoms with van der Waals surface area (Å²) in [6.45, 7) is 0. The molecule has 0 unspecified atom stereocenters. The molecule has 0 saturated heterocycles. The molecule has 0 aliphatic rings. The quantitative estimate of drug-likeness (QED) is 0.652. The van der Waals surface area contributed by atoms with Crippen molar-refractivity contribution in [3.05, 3.63) is 24.5 Å². The summed E-state index contributed by atoms with van der Waals surface area (Å²) >= 11 is 1.53. The predicted octanol–water partition coefficient (Wildman–Crippen LogP) is 2.24. The third kappa shape index (κ3) is 1.40. The van der Waals surface area contributed by atoms with Gasteiger partial charge in [-0.15, -0.1) is 28.8 Å². The minimum atomic E-state index is 0. The normalized spacial score (nSPS) is 10.4. The second-order valence-corrected chi connectivity index (χ2v) is 3.92. The molecule has 76 valence electrons. The van der Waals surface area contributed by atoms with Gasteiger partial charge in [-0.05, 0) is 12.1 Å². The van der Waals surface area contributed by atoms with Crippen LogP contribution in [0.2, 0.25) is 0 Å². The Bertz CT molecular complexity index is 622. The van der Waals surface area contributed by atoms with E-state index < -0.39 is 0 Å². The van der Waals surface area contributed by atoms with Crippen molar-refractivity contribution in [1.82, 2.24) is 15.2 Å². The number of rotatable bonds is 0. The van der Waals surface area contributed by atoms with E-state index >= 15 is 0 Å². The molecule has 0 fully saturated rings. The van der Waals surface area contributed by atoms with Crippen LogP contribution in [0.5, 0.6) is 0 Å². The second kappa shape index (κ2) is 3.60. The van der Waals surface area contributed by atoms with Gasteiger partial charge in [0.1, 0.15) is 10.6 Å². The van der Waals surface area contributed by atoms with Gasteiger partial charge in [0.25, 0.3) is 0 Å². The van der Waals surface area contributed by atoms with E-state index in [9.17, 15) is 0 Å². The van der Waals surface area contributed by atoms with Gasteiger partial charge in [-0.1, -0.05) is 0 Å². The smallest absolute Gasteiger partial charge is 0.147 e. The van der Waals surface area contributed by atoms with E-state index in [-0.39, 0.29) is 12.4 Å². The first-order valence-corrected chi connectivity index (χ1v) is 4.92. The largest absolute Gasteiger partial charge is 0.383 e. The lowest BCUT2D eigenvalue weighted by molar-refractivity contribution is 1.09. The minimum Gasteiger partial charge on any atom is -0.383 e. The molecule has 15 heavy (non-hydrogen) atoms. The van der Waals surface area contributed by atoms with E-state index in [1.54, 1.807) is 12.4 Å². The van der Waals surface area contributed by atoms with Crippen LogP contribution in [-0.4, -0.2) is 15.2 Å². The Morgan fingerprint density at radius 2 is 1.93 bits per heavy atom. The molecule has 3 rings (SSSR count). The van der Waals surface area contributed by atoms with E-state index in [0.717, 1.165) is 20.3 Å². The Morgan fingerprint density at radius 1 is 1.13 bits per heavy atom. The number of pyridine rings is 1. The fourth-order valence-electron chi connectivity index (χ4n) is 1.48. The fraction of sp³-hybridized carbons (Fsp3) is 0. The third-order valence-electron chi connectivity index (χ3n) is 2.11. The second-order valence-electron chi connectivity index (χ2n) is 2.92. The molecule has 0 atom stereocenters. The zero-order valence-electron chi connectivity index (χ0n) is 7.54. The van der Waals surface area contributed by atoms with Crippen LogP contribution in [-0.2, 0) is 0 Å². The molecule has 3 heterocycles. The number of nitrogen functional groups attached to an aromatic ring is 1. The maximum Gasteiger partial charge on any atom is 0.147 e. The van der Waals surface area contributed by atoms with Crippen molar-refractivity contribution in [3.8, 4) is 0 Å². The van der Waals surface area contributed by atoms with Crippen molar-refractivity contribution in [2.75, 3.05) is 5.73 Å². The molecule has 0 aliphatic carbocycles. The number of hydrogen-bond acceptors (Lipinski definition) is 5. The molecule has 2 N–H and O–H groups in total. The maximum absolute atomic E-state index is 5.77. The van der Waals surface area contributed by atoms with Crippen LogP contribution < -0.4 is 5.73 Å². The topological polar surface area (TPSA) is 64.7 Å². The summed E-state index contributed by atoms with van der Waals surface area (Å²) in [5, 5.41) is 10.1. The predicted molar refractivity (Wildman–Crippen MR) is 64.4 cm³/mol. The number of anilines is 1. The van der Waals surface area contributed by atoms with Gasteiger partial charge < -0.3 is 5.73 Å². The van der Waals surface area contributed by atoms with E-state index in [0.29, 0.717) is 5.82 Å². The lowest BCUT2D eigenvalue weighted by atomic mass is 10.2. The molecule has 0 amide bonds. The fourth-order valence-corrected chi connectivity index (χ4v) is 2.49. The number of nitrogens with zero attached hydrogens (tertiary/aromatic N) is 3. The van der Waals surface area contributed by atoms with Crippen LogP contribution in [0, 0.1) is 0 Å². The molecular weight excluding hydrogens is 232 g/mol. The van der Waals surface area contributed by atoms with E-state index in [1.807, 2.05) is 12.1 Å². The number of nitrogens with two attached hydrogens (primary N) is 1. The zero-order valence-corrected chi connectivity index (χ0v) is 9.18. The van der Waals surface area contributed by atoms with Crippen molar-refractivity contribution in [1.29, 1.82) is 0 Å². The Balaban J connectivity index is 0.000000853. The van der Waals surface area contributed by atoms with Gasteiger partial charge in [0, 0.05) is 17.0 Å². The summed E-state index contributed by atoms with van der Waals surface area (Å²) in [7, 11) is 0. The zero-order chi connectivity index (χ0) is 9.54. The first kappa shape index (κ1) is 10.1. The molecule has 0 aliphatic heterocycles. The van der Waals surface area contributed by atoms with E-state index in [4.69, 9.17) is 5.73 Å². The molecule has 3 aromatic rings. The Hall–Kier alpha value is -1.46. The molecule has 3 aromatic heterocycles. The number of aromatic nitrogens is 3. The first-order valence-electron chi connectivity index (χ1n) is 4.10. The van der Waals surface area contributed by atoms with Crippen LogP contribution in [0.4, 0.5) is 5.82 Å². The molecular formula is C9H7ClN4S. The Kier molecular flexibility index (Phi) is 2.42. The average Bonchev–Trinajstić information content (AvgIpc) is 2.59. The lowest BCUT2D eigenvalue weighted by Gasteiger charge is -1.92. The molecule has 0 spiro atoms. The standard InChI is InChI=1S/C9H6N4S.ClH/c10-8-7-5(1-3-11-8)6-2-4-12-13-9(6)14-7;/h1-4H,(H2,10,11);1H. The highest BCUT2D eigenvalue weighted by Gasteiger charge is 2.07. The van der Waals surface area contributed by atoms with Crippen molar-refractivity contribution in [3.63, 3.8) is 0 Å². The molecule has 0 saturated carbocycles. The van der Waals surface area contributed by atoms with Crippen LogP contribution in [0.15, 0.2) is 24.5 Å². The highest BCUT2D eigenvalue weighted by molar-refractivity contribution is 7.26. The number of hydrogen-bond donors (Lipinski definition) is 1. The average molecular weight is 239 g/mol. The van der Waals surface area contributed by atoms with Gasteiger partial charge in [0.05, 0.1) is 10.9 Å². The van der Waals surface area contributed by atoms with E-state index in [1.165, 1.54) is 11.3 Å². The maximum atomic E-state index is 5.77. The van der Waals surface area contributed by atoms with Gasteiger partial charge in [-0.3, -0.25) is 0 Å². The monoisotopic (exact) mass is 238 g/mol. The van der Waals surface area contributed by atoms with E-state index in [2.05, 4.69) is 15.2 Å². The highest BCUT2D eigenvalue weighted by atomic mass is 35.5. The molecule has 0 aromatic carbocycles. The van der Waals surface area contributed by atoms with Crippen LogP contribution in [0.3, 0.4) is 0 Å². The highest BCUT2D eigenvalue weighted by Crippen LogP contribution is 2.33. The number of fused-ring (bicyclic) bond motifs is 3. The lowest BCUT2D eigenvalue weighted by Crippen LogP contribution is -1.87. The van der Waals surface area contributed by atoms with Crippen molar-refractivity contribution in [2.45, 2.75) is 0 Å². The summed E-state index contributed by atoms with van der Waals surface area (Å²) in [4.78, 5) is 4.95. The summed E-state index contributed by atoms with van der Waals surface area (Å²) < 4.78 is 0.989. The SMILES string of the molecule is Cl.Nc1nccc2c1sc1nnccc12. The molecule has 4 nitrogen and oxygen atoms in total. The number of thiophene rings is 1. The third-order valence-corrected chi connectivity index (χ3v) is 3.24.